The monoisotopic (exact) mass is 306 g/mol. The van der Waals surface area contributed by atoms with Crippen LogP contribution in [0.1, 0.15) is 78.1 Å². The molecule has 2 rings (SSSR count). The van der Waals surface area contributed by atoms with E-state index in [0.29, 0.717) is 18.8 Å². The van der Waals surface area contributed by atoms with Crippen molar-refractivity contribution >= 4 is 11.8 Å². The van der Waals surface area contributed by atoms with E-state index >= 15 is 0 Å². The predicted molar refractivity (Wildman–Crippen MR) is 87.5 cm³/mol. The Kier molecular flexibility index (Phi) is 6.66. The van der Waals surface area contributed by atoms with Gasteiger partial charge in [0.05, 0.1) is 0 Å². The molecule has 0 aromatic heterocycles. The Labute approximate surface area is 134 Å². The van der Waals surface area contributed by atoms with Gasteiger partial charge in [-0.15, -0.1) is 0 Å². The van der Waals surface area contributed by atoms with Crippen molar-refractivity contribution in [2.45, 2.75) is 84.2 Å². The van der Waals surface area contributed by atoms with Crippen LogP contribution in [0.4, 0.5) is 0 Å². The molecule has 0 radical (unpaired) electrons. The number of hydrogen-bond acceptors (Lipinski definition) is 3. The molecule has 3 atom stereocenters. The van der Waals surface area contributed by atoms with Crippen LogP contribution in [0.15, 0.2) is 11.6 Å². The van der Waals surface area contributed by atoms with E-state index < -0.39 is 0 Å². The summed E-state index contributed by atoms with van der Waals surface area (Å²) in [5.41, 5.74) is 1.22. The zero-order chi connectivity index (χ0) is 15.9. The van der Waals surface area contributed by atoms with Crippen LogP contribution < -0.4 is 0 Å². The SMILES string of the molecule is CCCCCCCC(=O)O[C@H]1CCCC2=CC(=O)C[C@@H](C)[C@@H]21. The first-order valence-electron chi connectivity index (χ1n) is 9.04. The van der Waals surface area contributed by atoms with Crippen molar-refractivity contribution in [3.8, 4) is 0 Å². The van der Waals surface area contributed by atoms with E-state index in [1.54, 1.807) is 0 Å². The van der Waals surface area contributed by atoms with E-state index in [-0.39, 0.29) is 23.8 Å². The summed E-state index contributed by atoms with van der Waals surface area (Å²) in [6, 6.07) is 0. The molecule has 0 bridgehead atoms. The Hall–Kier alpha value is -1.12. The number of ketones is 1. The molecule has 0 saturated heterocycles. The van der Waals surface area contributed by atoms with E-state index in [4.69, 9.17) is 4.74 Å². The molecular weight excluding hydrogens is 276 g/mol. The first kappa shape index (κ1) is 17.2. The normalized spacial score (nSPS) is 28.0. The van der Waals surface area contributed by atoms with Crippen molar-refractivity contribution in [1.82, 2.24) is 0 Å². The highest BCUT2D eigenvalue weighted by Gasteiger charge is 2.38. The highest BCUT2D eigenvalue weighted by Crippen LogP contribution is 2.40. The number of hydrogen-bond donors (Lipinski definition) is 0. The Morgan fingerprint density at radius 2 is 2.05 bits per heavy atom. The summed E-state index contributed by atoms with van der Waals surface area (Å²) < 4.78 is 5.78. The summed E-state index contributed by atoms with van der Waals surface area (Å²) in [5.74, 6) is 0.763. The van der Waals surface area contributed by atoms with Crippen LogP contribution in [0.2, 0.25) is 0 Å². The molecule has 124 valence electrons. The van der Waals surface area contributed by atoms with E-state index in [9.17, 15) is 9.59 Å². The van der Waals surface area contributed by atoms with Gasteiger partial charge in [0.1, 0.15) is 6.10 Å². The van der Waals surface area contributed by atoms with Gasteiger partial charge in [-0.1, -0.05) is 45.1 Å². The maximum atomic E-state index is 12.1. The molecule has 22 heavy (non-hydrogen) atoms. The summed E-state index contributed by atoms with van der Waals surface area (Å²) in [6.45, 7) is 4.31. The lowest BCUT2D eigenvalue weighted by Gasteiger charge is -2.39. The third-order valence-electron chi connectivity index (χ3n) is 5.03. The Morgan fingerprint density at radius 3 is 2.82 bits per heavy atom. The zero-order valence-corrected chi connectivity index (χ0v) is 14.1. The van der Waals surface area contributed by atoms with Gasteiger partial charge in [-0.2, -0.15) is 0 Å². The van der Waals surface area contributed by atoms with E-state index in [2.05, 4.69) is 13.8 Å². The van der Waals surface area contributed by atoms with Crippen LogP contribution in [0, 0.1) is 11.8 Å². The summed E-state index contributed by atoms with van der Waals surface area (Å²) in [7, 11) is 0. The Morgan fingerprint density at radius 1 is 1.27 bits per heavy atom. The van der Waals surface area contributed by atoms with Crippen LogP contribution in [0.25, 0.3) is 0 Å². The smallest absolute Gasteiger partial charge is 0.306 e. The summed E-state index contributed by atoms with van der Waals surface area (Å²) in [5, 5.41) is 0. The molecule has 0 N–H and O–H groups in total. The second-order valence-electron chi connectivity index (χ2n) is 6.98. The fourth-order valence-corrected chi connectivity index (χ4v) is 3.94. The number of fused-ring (bicyclic) bond motifs is 1. The van der Waals surface area contributed by atoms with Crippen molar-refractivity contribution in [3.63, 3.8) is 0 Å². The van der Waals surface area contributed by atoms with Gasteiger partial charge in [-0.3, -0.25) is 9.59 Å². The van der Waals surface area contributed by atoms with Gasteiger partial charge in [-0.05, 0) is 37.7 Å². The summed E-state index contributed by atoms with van der Waals surface area (Å²) in [4.78, 5) is 23.8. The maximum absolute atomic E-state index is 12.1. The van der Waals surface area contributed by atoms with Gasteiger partial charge in [0.15, 0.2) is 5.78 Å². The van der Waals surface area contributed by atoms with Crippen molar-refractivity contribution in [3.05, 3.63) is 11.6 Å². The van der Waals surface area contributed by atoms with Gasteiger partial charge >= 0.3 is 5.97 Å². The minimum Gasteiger partial charge on any atom is -0.462 e. The number of carbonyl (C=O) groups excluding carboxylic acids is 2. The third kappa shape index (κ3) is 4.69. The molecule has 0 aromatic carbocycles. The number of ether oxygens (including phenoxy) is 1. The lowest BCUT2D eigenvalue weighted by Crippen LogP contribution is -2.38. The molecule has 0 spiro atoms. The van der Waals surface area contributed by atoms with Crippen LogP contribution in [-0.2, 0) is 14.3 Å². The average Bonchev–Trinajstić information content (AvgIpc) is 2.46. The van der Waals surface area contributed by atoms with Gasteiger partial charge in [-0.25, -0.2) is 0 Å². The topological polar surface area (TPSA) is 43.4 Å². The van der Waals surface area contributed by atoms with Crippen molar-refractivity contribution in [2.75, 3.05) is 0 Å². The van der Waals surface area contributed by atoms with E-state index in [0.717, 1.165) is 32.1 Å². The molecule has 0 unspecified atom stereocenters. The lowest BCUT2D eigenvalue weighted by molar-refractivity contribution is -0.153. The van der Waals surface area contributed by atoms with Crippen molar-refractivity contribution in [1.29, 1.82) is 0 Å². The molecule has 3 nitrogen and oxygen atoms in total. The summed E-state index contributed by atoms with van der Waals surface area (Å²) in [6.07, 6.45) is 11.6. The highest BCUT2D eigenvalue weighted by atomic mass is 16.5. The quantitative estimate of drug-likeness (QED) is 0.510. The fourth-order valence-electron chi connectivity index (χ4n) is 3.94. The molecular formula is C19H30O3. The molecule has 0 aromatic rings. The molecule has 0 heterocycles. The van der Waals surface area contributed by atoms with E-state index in [1.165, 1.54) is 24.8 Å². The van der Waals surface area contributed by atoms with Crippen LogP contribution in [0.5, 0.6) is 0 Å². The standard InChI is InChI=1S/C19H30O3/c1-3-4-5-6-7-11-18(21)22-17-10-8-9-15-13-16(20)12-14(2)19(15)17/h13-14,17,19H,3-12H2,1-2H3/t14-,17+,19+/m1/s1. The van der Waals surface area contributed by atoms with Crippen molar-refractivity contribution < 1.29 is 14.3 Å². The number of carbonyl (C=O) groups is 2. The number of esters is 1. The van der Waals surface area contributed by atoms with Crippen LogP contribution in [-0.4, -0.2) is 17.9 Å². The minimum atomic E-state index is -0.0492. The van der Waals surface area contributed by atoms with Gasteiger partial charge < -0.3 is 4.74 Å². The molecule has 0 aliphatic heterocycles. The molecule has 0 amide bonds. The molecule has 1 saturated carbocycles. The fraction of sp³-hybridized carbons (Fsp3) is 0.789. The van der Waals surface area contributed by atoms with Crippen LogP contribution in [0.3, 0.4) is 0 Å². The minimum absolute atomic E-state index is 0.00811. The number of unbranched alkanes of at least 4 members (excludes halogenated alkanes) is 4. The second-order valence-corrected chi connectivity index (χ2v) is 6.98. The highest BCUT2D eigenvalue weighted by molar-refractivity contribution is 5.91. The molecule has 1 fully saturated rings. The summed E-state index contributed by atoms with van der Waals surface area (Å²) >= 11 is 0. The Balaban J connectivity index is 1.82. The maximum Gasteiger partial charge on any atom is 0.306 e. The molecule has 3 heteroatoms. The number of rotatable bonds is 7. The van der Waals surface area contributed by atoms with E-state index in [1.807, 2.05) is 6.08 Å². The predicted octanol–water partition coefficient (Wildman–Crippen LogP) is 4.59. The van der Waals surface area contributed by atoms with Crippen LogP contribution >= 0.6 is 0 Å². The average molecular weight is 306 g/mol. The van der Waals surface area contributed by atoms with Gasteiger partial charge in [0.2, 0.25) is 0 Å². The third-order valence-corrected chi connectivity index (χ3v) is 5.03. The van der Waals surface area contributed by atoms with Crippen molar-refractivity contribution in [2.24, 2.45) is 11.8 Å². The first-order chi connectivity index (χ1) is 10.6. The Bertz CT molecular complexity index is 424. The molecule has 2 aliphatic carbocycles. The first-order valence-corrected chi connectivity index (χ1v) is 9.04. The largest absolute Gasteiger partial charge is 0.462 e. The van der Waals surface area contributed by atoms with Gasteiger partial charge in [0.25, 0.3) is 0 Å². The lowest BCUT2D eigenvalue weighted by atomic mass is 9.70. The number of allylic oxidation sites excluding steroid dienone is 1. The molecule has 2 aliphatic rings. The zero-order valence-electron chi connectivity index (χ0n) is 14.1. The second kappa shape index (κ2) is 8.50. The van der Waals surface area contributed by atoms with Gasteiger partial charge in [0, 0.05) is 18.8 Å².